The van der Waals surface area contributed by atoms with Crippen molar-refractivity contribution in [3.8, 4) is 5.69 Å². The molecule has 0 spiro atoms. The summed E-state index contributed by atoms with van der Waals surface area (Å²) >= 11 is 5.86. The number of benzene rings is 1. The molecule has 9 heteroatoms. The van der Waals surface area contributed by atoms with Gasteiger partial charge in [-0.15, -0.1) is 17.5 Å². The summed E-state index contributed by atoms with van der Waals surface area (Å²) in [5.74, 6) is -0.447. The molecule has 0 amide bonds. The van der Waals surface area contributed by atoms with E-state index in [9.17, 15) is 4.39 Å². The molecular weight excluding hydrogens is 390 g/mol. The van der Waals surface area contributed by atoms with Gasteiger partial charge in [-0.3, -0.25) is 9.88 Å². The van der Waals surface area contributed by atoms with Crippen LogP contribution >= 0.6 is 24.0 Å². The van der Waals surface area contributed by atoms with Crippen LogP contribution in [0.1, 0.15) is 17.3 Å². The molecule has 0 bridgehead atoms. The summed E-state index contributed by atoms with van der Waals surface area (Å²) in [6.45, 7) is 3.42. The first-order valence-corrected chi connectivity index (χ1v) is 8.80. The molecule has 27 heavy (non-hydrogen) atoms. The van der Waals surface area contributed by atoms with Gasteiger partial charge >= 0.3 is 0 Å². The first kappa shape index (κ1) is 19.7. The van der Waals surface area contributed by atoms with Gasteiger partial charge in [-0.05, 0) is 35.9 Å². The zero-order valence-corrected chi connectivity index (χ0v) is 16.0. The summed E-state index contributed by atoms with van der Waals surface area (Å²) in [4.78, 5) is 6.47. The maximum absolute atomic E-state index is 13.3. The Morgan fingerprint density at radius 3 is 2.81 bits per heavy atom. The lowest BCUT2D eigenvalue weighted by molar-refractivity contribution is 0.152. The van der Waals surface area contributed by atoms with Crippen molar-refractivity contribution in [3.63, 3.8) is 0 Å². The Bertz CT molecular complexity index is 889. The molecule has 1 fully saturated rings. The second-order valence-corrected chi connectivity index (χ2v) is 6.63. The average Bonchev–Trinajstić information content (AvgIpc) is 3.14. The Hall–Kier alpha value is -2.06. The third-order valence-corrected chi connectivity index (χ3v) is 4.81. The molecule has 2 aromatic heterocycles. The van der Waals surface area contributed by atoms with Crippen molar-refractivity contribution in [2.45, 2.75) is 12.6 Å². The quantitative estimate of drug-likeness (QED) is 0.718. The van der Waals surface area contributed by atoms with E-state index in [1.54, 1.807) is 16.8 Å². The van der Waals surface area contributed by atoms with Crippen LogP contribution in [0.25, 0.3) is 5.69 Å². The van der Waals surface area contributed by atoms with Crippen LogP contribution in [0.15, 0.2) is 48.9 Å². The lowest BCUT2D eigenvalue weighted by Crippen LogP contribution is -2.45. The molecule has 6 nitrogen and oxygen atoms in total. The van der Waals surface area contributed by atoms with Crippen molar-refractivity contribution in [2.75, 3.05) is 19.6 Å². The first-order valence-electron chi connectivity index (χ1n) is 8.42. The van der Waals surface area contributed by atoms with Crippen LogP contribution in [0.3, 0.4) is 0 Å². The van der Waals surface area contributed by atoms with Crippen LogP contribution in [0.4, 0.5) is 4.39 Å². The van der Waals surface area contributed by atoms with Crippen molar-refractivity contribution in [3.05, 3.63) is 71.0 Å². The number of nitrogens with zero attached hydrogens (tertiary/aromatic N) is 5. The highest BCUT2D eigenvalue weighted by Gasteiger charge is 2.24. The van der Waals surface area contributed by atoms with Gasteiger partial charge in [0, 0.05) is 44.6 Å². The lowest BCUT2D eigenvalue weighted by atomic mass is 10.0. The molecule has 1 saturated heterocycles. The van der Waals surface area contributed by atoms with Gasteiger partial charge < -0.3 is 5.32 Å². The summed E-state index contributed by atoms with van der Waals surface area (Å²) in [6.07, 6.45) is 5.49. The summed E-state index contributed by atoms with van der Waals surface area (Å²) in [5.41, 5.74) is 2.76. The number of hydrogen-bond donors (Lipinski definition) is 1. The summed E-state index contributed by atoms with van der Waals surface area (Å²) < 4.78 is 15.0. The first-order chi connectivity index (χ1) is 12.7. The molecule has 1 atom stereocenters. The standard InChI is InChI=1S/C18H18ClFN6.ClH/c19-16-9-15(1-2-17(16)20)26-12-14(23-24-26)11-25-8-7-22-10-18(25)13-3-5-21-6-4-13;/h1-6,9,12,18,22H,7-8,10-11H2;1H. The van der Waals surface area contributed by atoms with Crippen LogP contribution in [0.5, 0.6) is 0 Å². The highest BCUT2D eigenvalue weighted by atomic mass is 35.5. The molecule has 4 rings (SSSR count). The van der Waals surface area contributed by atoms with Gasteiger partial charge in [-0.2, -0.15) is 0 Å². The van der Waals surface area contributed by atoms with Crippen LogP contribution in [0, 0.1) is 5.82 Å². The topological polar surface area (TPSA) is 58.9 Å². The summed E-state index contributed by atoms with van der Waals surface area (Å²) in [6, 6.07) is 8.85. The van der Waals surface area contributed by atoms with E-state index in [0.717, 1.165) is 25.3 Å². The van der Waals surface area contributed by atoms with Crippen LogP contribution < -0.4 is 5.32 Å². The normalized spacial score (nSPS) is 17.5. The number of hydrogen-bond acceptors (Lipinski definition) is 5. The Kier molecular flexibility index (Phi) is 6.38. The zero-order valence-electron chi connectivity index (χ0n) is 14.4. The van der Waals surface area contributed by atoms with Gasteiger partial charge in [0.2, 0.25) is 0 Å². The van der Waals surface area contributed by atoms with Gasteiger partial charge in [0.05, 0.1) is 22.6 Å². The molecule has 1 N–H and O–H groups in total. The molecule has 3 heterocycles. The zero-order chi connectivity index (χ0) is 17.9. The molecule has 1 aliphatic heterocycles. The van der Waals surface area contributed by atoms with E-state index in [4.69, 9.17) is 11.6 Å². The fraction of sp³-hybridized carbons (Fsp3) is 0.278. The molecule has 142 valence electrons. The van der Waals surface area contributed by atoms with Crippen molar-refractivity contribution in [2.24, 2.45) is 0 Å². The number of nitrogens with one attached hydrogen (secondary N) is 1. The van der Waals surface area contributed by atoms with E-state index in [1.807, 2.05) is 30.7 Å². The lowest BCUT2D eigenvalue weighted by Gasteiger charge is -2.35. The number of pyridine rings is 1. The minimum Gasteiger partial charge on any atom is -0.314 e. The predicted molar refractivity (Wildman–Crippen MR) is 104 cm³/mol. The van der Waals surface area contributed by atoms with Crippen molar-refractivity contribution in [1.29, 1.82) is 0 Å². The second-order valence-electron chi connectivity index (χ2n) is 6.22. The molecule has 1 aromatic carbocycles. The third kappa shape index (κ3) is 4.44. The number of rotatable bonds is 4. The molecule has 0 saturated carbocycles. The molecule has 3 aromatic rings. The van der Waals surface area contributed by atoms with Crippen molar-refractivity contribution >= 4 is 24.0 Å². The second kappa shape index (κ2) is 8.75. The summed E-state index contributed by atoms with van der Waals surface area (Å²) in [5, 5.41) is 11.9. The van der Waals surface area contributed by atoms with E-state index in [1.165, 1.54) is 11.6 Å². The minimum absolute atomic E-state index is 0. The highest BCUT2D eigenvalue weighted by molar-refractivity contribution is 6.30. The SMILES string of the molecule is Cl.Fc1ccc(-n2cc(CN3CCNCC3c3ccncc3)nn2)cc1Cl. The number of piperazine rings is 1. The van der Waals surface area contributed by atoms with Gasteiger partial charge in [-0.1, -0.05) is 16.8 Å². The highest BCUT2D eigenvalue weighted by Crippen LogP contribution is 2.24. The average molecular weight is 409 g/mol. The molecule has 0 radical (unpaired) electrons. The van der Waals surface area contributed by atoms with E-state index in [-0.39, 0.29) is 23.5 Å². The fourth-order valence-electron chi connectivity index (χ4n) is 3.18. The Balaban J connectivity index is 0.00000210. The minimum atomic E-state index is -0.447. The maximum atomic E-state index is 13.3. The molecular formula is C18H19Cl2FN6. The van der Waals surface area contributed by atoms with Crippen LogP contribution in [-0.2, 0) is 6.54 Å². The van der Waals surface area contributed by atoms with Gasteiger partial charge in [0.1, 0.15) is 5.82 Å². The molecule has 1 aliphatic rings. The smallest absolute Gasteiger partial charge is 0.141 e. The van der Waals surface area contributed by atoms with E-state index in [2.05, 4.69) is 25.5 Å². The monoisotopic (exact) mass is 408 g/mol. The van der Waals surface area contributed by atoms with E-state index < -0.39 is 5.82 Å². The number of aromatic nitrogens is 4. The molecule has 1 unspecified atom stereocenters. The maximum Gasteiger partial charge on any atom is 0.141 e. The molecule has 0 aliphatic carbocycles. The van der Waals surface area contributed by atoms with Gasteiger partial charge in [0.25, 0.3) is 0 Å². The Morgan fingerprint density at radius 2 is 2.04 bits per heavy atom. The Labute approximate surface area is 167 Å². The summed E-state index contributed by atoms with van der Waals surface area (Å²) in [7, 11) is 0. The van der Waals surface area contributed by atoms with Gasteiger partial charge in [-0.25, -0.2) is 9.07 Å². The van der Waals surface area contributed by atoms with Crippen LogP contribution in [-0.4, -0.2) is 44.5 Å². The van der Waals surface area contributed by atoms with Crippen molar-refractivity contribution in [1.82, 2.24) is 30.2 Å². The van der Waals surface area contributed by atoms with Gasteiger partial charge in [0.15, 0.2) is 0 Å². The van der Waals surface area contributed by atoms with Crippen LogP contribution in [0.2, 0.25) is 5.02 Å². The largest absolute Gasteiger partial charge is 0.314 e. The van der Waals surface area contributed by atoms with Crippen molar-refractivity contribution < 1.29 is 4.39 Å². The van der Waals surface area contributed by atoms with E-state index in [0.29, 0.717) is 12.2 Å². The predicted octanol–water partition coefficient (Wildman–Crippen LogP) is 3.02. The fourth-order valence-corrected chi connectivity index (χ4v) is 3.36. The third-order valence-electron chi connectivity index (χ3n) is 4.52. The number of halogens is 3. The van der Waals surface area contributed by atoms with E-state index >= 15 is 0 Å². The Morgan fingerprint density at radius 1 is 1.22 bits per heavy atom.